The normalized spacial score (nSPS) is 14.6. The van der Waals surface area contributed by atoms with Crippen molar-refractivity contribution in [2.75, 3.05) is 18.2 Å². The second kappa shape index (κ2) is 12.2. The van der Waals surface area contributed by atoms with Gasteiger partial charge in [0.1, 0.15) is 10.8 Å². The number of ether oxygens (including phenoxy) is 1. The first kappa shape index (κ1) is 26.5. The number of carbonyl (C=O) groups is 2. The van der Waals surface area contributed by atoms with E-state index >= 15 is 0 Å². The number of hydrogen-bond acceptors (Lipinski definition) is 8. The van der Waals surface area contributed by atoms with Crippen molar-refractivity contribution in [3.63, 3.8) is 0 Å². The van der Waals surface area contributed by atoms with Crippen LogP contribution in [-0.4, -0.2) is 39.5 Å². The predicted octanol–water partition coefficient (Wildman–Crippen LogP) is 6.26. The molecule has 0 bridgehead atoms. The number of methoxy groups -OCH3 is 1. The Morgan fingerprint density at radius 1 is 1.08 bits per heavy atom. The number of para-hydroxylation sites is 1. The average Bonchev–Trinajstić information content (AvgIpc) is 3.51. The first-order valence-corrected chi connectivity index (χ1v) is 15.1. The number of fused-ring (bicyclic) bond motifs is 1. The highest BCUT2D eigenvalue weighted by atomic mass is 32.2. The topological polar surface area (TPSA) is 86.1 Å². The molecule has 0 saturated carbocycles. The van der Waals surface area contributed by atoms with Crippen LogP contribution in [0.5, 0.6) is 0 Å². The van der Waals surface area contributed by atoms with Gasteiger partial charge in [0.05, 0.1) is 24.2 Å². The second-order valence-electron chi connectivity index (χ2n) is 9.06. The number of thioether (sulfide) groups is 2. The highest BCUT2D eigenvalue weighted by Crippen LogP contribution is 2.40. The van der Waals surface area contributed by atoms with Gasteiger partial charge < -0.3 is 10.1 Å². The van der Waals surface area contributed by atoms with Gasteiger partial charge in [0.15, 0.2) is 5.16 Å². The van der Waals surface area contributed by atoms with Gasteiger partial charge in [-0.15, -0.1) is 33.3 Å². The van der Waals surface area contributed by atoms with Gasteiger partial charge in [-0.2, -0.15) is 0 Å². The summed E-state index contributed by atoms with van der Waals surface area (Å²) in [5, 5.41) is 13.1. The summed E-state index contributed by atoms with van der Waals surface area (Å²) in [6.45, 7) is 2.21. The predicted molar refractivity (Wildman–Crippen MR) is 154 cm³/mol. The third-order valence-electron chi connectivity index (χ3n) is 6.31. The fraction of sp³-hybridized carbons (Fsp3) is 0.286. The van der Waals surface area contributed by atoms with Crippen LogP contribution in [0.4, 0.5) is 5.00 Å². The maximum absolute atomic E-state index is 13.1. The summed E-state index contributed by atoms with van der Waals surface area (Å²) >= 11 is 4.50. The molecule has 0 radical (unpaired) electrons. The summed E-state index contributed by atoms with van der Waals surface area (Å²) in [6.07, 6.45) is 2.77. The smallest absolute Gasteiger partial charge is 0.341 e. The van der Waals surface area contributed by atoms with E-state index in [0.29, 0.717) is 27.4 Å². The van der Waals surface area contributed by atoms with Crippen molar-refractivity contribution >= 4 is 51.7 Å². The largest absolute Gasteiger partial charge is 0.465 e. The molecule has 1 atom stereocenters. The first-order valence-electron chi connectivity index (χ1n) is 12.4. The number of nitrogens with zero attached hydrogens (tertiary/aromatic N) is 3. The van der Waals surface area contributed by atoms with Gasteiger partial charge in [0.2, 0.25) is 5.91 Å². The minimum absolute atomic E-state index is 0.135. The SMILES string of the molecule is COC(=O)c1c(NC(=O)CSc2nnc(CSc3ccccc3)n2-c2ccccc2)sc2c1CCC(C)C2. The minimum Gasteiger partial charge on any atom is -0.465 e. The van der Waals surface area contributed by atoms with E-state index in [1.807, 2.05) is 53.1 Å². The molecule has 4 aromatic rings. The van der Waals surface area contributed by atoms with E-state index in [1.54, 1.807) is 11.8 Å². The number of hydrogen-bond donors (Lipinski definition) is 1. The molecule has 2 aromatic carbocycles. The van der Waals surface area contributed by atoms with Crippen molar-refractivity contribution in [2.24, 2.45) is 5.92 Å². The van der Waals surface area contributed by atoms with E-state index in [0.717, 1.165) is 46.1 Å². The molecule has 1 unspecified atom stereocenters. The molecule has 5 rings (SSSR count). The van der Waals surface area contributed by atoms with Crippen LogP contribution in [-0.2, 0) is 28.1 Å². The number of rotatable bonds is 9. The highest BCUT2D eigenvalue weighted by Gasteiger charge is 2.29. The second-order valence-corrected chi connectivity index (χ2v) is 12.2. The number of carbonyl (C=O) groups excluding carboxylic acids is 2. The fourth-order valence-electron chi connectivity index (χ4n) is 4.44. The summed E-state index contributed by atoms with van der Waals surface area (Å²) in [4.78, 5) is 27.9. The molecule has 2 heterocycles. The van der Waals surface area contributed by atoms with Crippen molar-refractivity contribution in [1.82, 2.24) is 14.8 Å². The summed E-state index contributed by atoms with van der Waals surface area (Å²) in [6, 6.07) is 20.1. The lowest BCUT2D eigenvalue weighted by Gasteiger charge is -2.18. The Bertz CT molecular complexity index is 1420. The molecule has 10 heteroatoms. The molecule has 0 aliphatic heterocycles. The van der Waals surface area contributed by atoms with Crippen molar-refractivity contribution in [1.29, 1.82) is 0 Å². The molecule has 7 nitrogen and oxygen atoms in total. The van der Waals surface area contributed by atoms with Gasteiger partial charge >= 0.3 is 5.97 Å². The van der Waals surface area contributed by atoms with E-state index in [-0.39, 0.29) is 11.7 Å². The van der Waals surface area contributed by atoms with Gasteiger partial charge in [-0.3, -0.25) is 9.36 Å². The lowest BCUT2D eigenvalue weighted by Crippen LogP contribution is -2.17. The van der Waals surface area contributed by atoms with E-state index in [4.69, 9.17) is 4.74 Å². The zero-order valence-corrected chi connectivity index (χ0v) is 23.6. The first-order chi connectivity index (χ1) is 18.5. The van der Waals surface area contributed by atoms with Crippen LogP contribution < -0.4 is 5.32 Å². The zero-order valence-electron chi connectivity index (χ0n) is 21.2. The number of esters is 1. The highest BCUT2D eigenvalue weighted by molar-refractivity contribution is 7.99. The minimum atomic E-state index is -0.399. The number of nitrogens with one attached hydrogen (secondary N) is 1. The van der Waals surface area contributed by atoms with Crippen LogP contribution in [0.25, 0.3) is 5.69 Å². The fourth-order valence-corrected chi connectivity index (χ4v) is 7.46. The van der Waals surface area contributed by atoms with Gasteiger partial charge in [-0.05, 0) is 55.0 Å². The molecule has 2 aromatic heterocycles. The summed E-state index contributed by atoms with van der Waals surface area (Å²) in [5.74, 6) is 1.54. The maximum atomic E-state index is 13.1. The Morgan fingerprint density at radius 2 is 1.82 bits per heavy atom. The molecule has 1 aliphatic rings. The summed E-state index contributed by atoms with van der Waals surface area (Å²) < 4.78 is 7.05. The van der Waals surface area contributed by atoms with Crippen LogP contribution in [0.3, 0.4) is 0 Å². The van der Waals surface area contributed by atoms with Gasteiger partial charge in [0.25, 0.3) is 0 Å². The zero-order chi connectivity index (χ0) is 26.5. The van der Waals surface area contributed by atoms with Gasteiger partial charge in [-0.25, -0.2) is 4.79 Å². The molecule has 1 amide bonds. The molecule has 1 aliphatic carbocycles. The summed E-state index contributed by atoms with van der Waals surface area (Å²) in [5.41, 5.74) is 2.47. The molecule has 196 valence electrons. The van der Waals surface area contributed by atoms with Crippen molar-refractivity contribution < 1.29 is 14.3 Å². The van der Waals surface area contributed by atoms with Crippen LogP contribution in [0.15, 0.2) is 70.7 Å². The van der Waals surface area contributed by atoms with Crippen LogP contribution in [0, 0.1) is 5.92 Å². The van der Waals surface area contributed by atoms with E-state index < -0.39 is 5.97 Å². The Labute approximate surface area is 234 Å². The van der Waals surface area contributed by atoms with Gasteiger partial charge in [0, 0.05) is 15.5 Å². The summed E-state index contributed by atoms with van der Waals surface area (Å²) in [7, 11) is 1.38. The third-order valence-corrected chi connectivity index (χ3v) is 9.42. The molecular formula is C28H28N4O3S3. The molecule has 38 heavy (non-hydrogen) atoms. The van der Waals surface area contributed by atoms with Crippen molar-refractivity contribution in [2.45, 2.75) is 42.0 Å². The molecule has 1 N–H and O–H groups in total. The van der Waals surface area contributed by atoms with E-state index in [2.05, 4.69) is 34.6 Å². The standard InChI is InChI=1S/C28H28N4O3S3/c1-18-13-14-21-22(15-18)38-26(25(21)27(34)35-2)29-24(33)17-37-28-31-30-23(16-36-20-11-7-4-8-12-20)32(28)19-9-5-3-6-10-19/h3-12,18H,13-17H2,1-2H3,(H,29,33). The maximum Gasteiger partial charge on any atom is 0.341 e. The average molecular weight is 565 g/mol. The number of amides is 1. The number of aromatic nitrogens is 3. The lowest BCUT2D eigenvalue weighted by atomic mass is 9.88. The third kappa shape index (κ3) is 5.98. The quantitative estimate of drug-likeness (QED) is 0.190. The molecule has 0 saturated heterocycles. The molecular weight excluding hydrogens is 537 g/mol. The van der Waals surface area contributed by atoms with E-state index in [9.17, 15) is 9.59 Å². The molecule has 0 spiro atoms. The van der Waals surface area contributed by atoms with Crippen molar-refractivity contribution in [3.8, 4) is 5.69 Å². The Morgan fingerprint density at radius 3 is 2.55 bits per heavy atom. The van der Waals surface area contributed by atoms with Gasteiger partial charge in [-0.1, -0.05) is 55.1 Å². The van der Waals surface area contributed by atoms with Crippen LogP contribution >= 0.6 is 34.9 Å². The number of thiophene rings is 1. The van der Waals surface area contributed by atoms with Crippen molar-refractivity contribution in [3.05, 3.63) is 82.5 Å². The monoisotopic (exact) mass is 564 g/mol. The Kier molecular flexibility index (Phi) is 8.51. The number of anilines is 1. The molecule has 0 fully saturated rings. The van der Waals surface area contributed by atoms with E-state index in [1.165, 1.54) is 30.2 Å². The number of benzene rings is 2. The Balaban J connectivity index is 1.32. The lowest BCUT2D eigenvalue weighted by molar-refractivity contribution is -0.113. The van der Waals surface area contributed by atoms with Crippen LogP contribution in [0.2, 0.25) is 0 Å². The van der Waals surface area contributed by atoms with Crippen LogP contribution in [0.1, 0.15) is 40.0 Å². The Hall–Kier alpha value is -3.08.